The monoisotopic (exact) mass is 587 g/mol. The quantitative estimate of drug-likeness (QED) is 0.190. The predicted molar refractivity (Wildman–Crippen MR) is 114 cm³/mol. The molecular weight excluding hydrogens is 564 g/mol. The van der Waals surface area contributed by atoms with Crippen LogP contribution in [0.15, 0.2) is 36.7 Å². The molecule has 0 spiro atoms. The van der Waals surface area contributed by atoms with E-state index in [-0.39, 0.29) is 14.5 Å². The summed E-state index contributed by atoms with van der Waals surface area (Å²) in [5, 5.41) is 15.6. The molecule has 4 heterocycles. The number of aromatic nitrogens is 6. The average Bonchev–Trinajstić information content (AvgIpc) is 3.34. The molecule has 1 aliphatic heterocycles. The number of hydrogen-bond donors (Lipinski definition) is 2. The second kappa shape index (κ2) is 7.99. The molecule has 1 aromatic carbocycles. The van der Waals surface area contributed by atoms with Gasteiger partial charge in [-0.1, -0.05) is 0 Å². The Morgan fingerprint density at radius 1 is 1.24 bits per heavy atom. The Hall–Kier alpha value is -2.58. The Morgan fingerprint density at radius 2 is 2.00 bits per heavy atom. The third-order valence-corrected chi connectivity index (χ3v) is 9.33. The molecule has 34 heavy (non-hydrogen) atoms. The second-order valence-corrected chi connectivity index (χ2v) is 16.6. The number of H-pyrrole nitrogens is 1. The number of nitrogens with zero attached hydrogens (tertiary/aromatic N) is 5. The molecule has 182 valence electrons. The van der Waals surface area contributed by atoms with Crippen LogP contribution in [-0.4, -0.2) is 56.5 Å². The number of ether oxygens (including phenoxy) is 1. The first-order valence-corrected chi connectivity index (χ1v) is 16.7. The summed E-state index contributed by atoms with van der Waals surface area (Å²) < 4.78 is 59.0. The topological polar surface area (TPSA) is 102 Å². The van der Waals surface area contributed by atoms with E-state index in [9.17, 15) is 16.6 Å². The van der Waals surface area contributed by atoms with Crippen molar-refractivity contribution in [2.24, 2.45) is 7.05 Å². The van der Waals surface area contributed by atoms with Crippen LogP contribution >= 0.6 is 0 Å². The standard InChI is InChI=1S/C22H23F3IN6O2/c1-26(2,33)20-19-15(8-16(28-20)22(23,24)25)18(30-31-19)13-5-4-6-14(7-13)21(10-34-11-21)9-17-29-27-12-32(17)3/h4-8,12,33H,9-11H2,1-3H3,(H,30,31)/q-1. The summed E-state index contributed by atoms with van der Waals surface area (Å²) in [5.74, 6) is 0.820. The zero-order chi connectivity index (χ0) is 24.3. The molecule has 2 N–H and O–H groups in total. The molecule has 0 unspecified atom stereocenters. The van der Waals surface area contributed by atoms with E-state index >= 15 is 0 Å². The van der Waals surface area contributed by atoms with Gasteiger partial charge in [0.05, 0.1) is 0 Å². The predicted octanol–water partition coefficient (Wildman–Crippen LogP) is -0.220. The summed E-state index contributed by atoms with van der Waals surface area (Å²) in [6.45, 7) is 1.01. The van der Waals surface area contributed by atoms with Crippen molar-refractivity contribution in [3.63, 3.8) is 0 Å². The Bertz CT molecular complexity index is 1370. The van der Waals surface area contributed by atoms with E-state index in [1.165, 1.54) is 0 Å². The molecule has 0 amide bonds. The van der Waals surface area contributed by atoms with E-state index in [1.54, 1.807) is 16.2 Å². The van der Waals surface area contributed by atoms with Crippen molar-refractivity contribution in [1.82, 2.24) is 29.9 Å². The molecule has 8 nitrogen and oxygen atoms in total. The molecule has 0 saturated carbocycles. The van der Waals surface area contributed by atoms with Gasteiger partial charge in [-0.15, -0.1) is 0 Å². The molecule has 1 saturated heterocycles. The van der Waals surface area contributed by atoms with E-state index < -0.39 is 30.7 Å². The van der Waals surface area contributed by atoms with Crippen molar-refractivity contribution in [1.29, 1.82) is 0 Å². The summed E-state index contributed by atoms with van der Waals surface area (Å²) in [7, 11) is 1.88. The number of aromatic amines is 1. The fraction of sp³-hybridized carbons (Fsp3) is 0.364. The molecular formula is C22H23F3IN6O2-. The van der Waals surface area contributed by atoms with Crippen LogP contribution < -0.4 is 18.8 Å². The molecule has 0 atom stereocenters. The van der Waals surface area contributed by atoms with Gasteiger partial charge in [0.2, 0.25) is 0 Å². The van der Waals surface area contributed by atoms with E-state index in [0.29, 0.717) is 36.4 Å². The maximum absolute atomic E-state index is 13.6. The molecule has 3 aromatic heterocycles. The van der Waals surface area contributed by atoms with Crippen LogP contribution in [0.4, 0.5) is 13.2 Å². The van der Waals surface area contributed by atoms with E-state index in [2.05, 4.69) is 25.4 Å². The van der Waals surface area contributed by atoms with Crippen LogP contribution in [0, 0.1) is 3.70 Å². The van der Waals surface area contributed by atoms with Gasteiger partial charge in [0.15, 0.2) is 0 Å². The molecule has 1 fully saturated rings. The first-order valence-electron chi connectivity index (χ1n) is 10.3. The Morgan fingerprint density at radius 3 is 2.59 bits per heavy atom. The molecule has 12 heteroatoms. The van der Waals surface area contributed by atoms with Crippen LogP contribution in [0.25, 0.3) is 22.2 Å². The number of fused-ring (bicyclic) bond motifs is 1. The summed E-state index contributed by atoms with van der Waals surface area (Å²) in [5.41, 5.74) is 1.03. The van der Waals surface area contributed by atoms with Gasteiger partial charge in [-0.25, -0.2) is 0 Å². The van der Waals surface area contributed by atoms with Crippen LogP contribution in [-0.2, 0) is 29.8 Å². The second-order valence-electron chi connectivity index (χ2n) is 8.86. The van der Waals surface area contributed by atoms with Crippen LogP contribution in [0.5, 0.6) is 0 Å². The SMILES string of the molecule is Cn1cnnc1CC1(c2cccc(-c3n[nH]c4c([I-](C)(C)O)nc(C(F)(F)F)cc34)c2)COC1. The van der Waals surface area contributed by atoms with Gasteiger partial charge >= 0.3 is 198 Å². The van der Waals surface area contributed by atoms with Gasteiger partial charge in [0.25, 0.3) is 0 Å². The van der Waals surface area contributed by atoms with Gasteiger partial charge in [-0.2, -0.15) is 0 Å². The number of alkyl halides is 5. The van der Waals surface area contributed by atoms with Crippen molar-refractivity contribution < 1.29 is 40.2 Å². The zero-order valence-electron chi connectivity index (χ0n) is 18.7. The molecule has 0 radical (unpaired) electrons. The van der Waals surface area contributed by atoms with Crippen LogP contribution in [0.1, 0.15) is 17.1 Å². The minimum atomic E-state index is -4.64. The molecule has 0 bridgehead atoms. The fourth-order valence-corrected chi connectivity index (χ4v) is 6.75. The Balaban J connectivity index is 1.63. The van der Waals surface area contributed by atoms with E-state index in [4.69, 9.17) is 4.74 Å². The van der Waals surface area contributed by atoms with E-state index in [0.717, 1.165) is 17.5 Å². The third kappa shape index (κ3) is 3.96. The molecule has 1 aliphatic rings. The normalized spacial score (nSPS) is 16.6. The van der Waals surface area contributed by atoms with Crippen LogP contribution in [0.3, 0.4) is 0 Å². The van der Waals surface area contributed by atoms with Crippen molar-refractivity contribution in [3.05, 3.63) is 57.4 Å². The minimum absolute atomic E-state index is 0.0674. The number of aryl methyl sites for hydroxylation is 1. The van der Waals surface area contributed by atoms with E-state index in [1.807, 2.05) is 35.9 Å². The van der Waals surface area contributed by atoms with Gasteiger partial charge in [-0.3, -0.25) is 0 Å². The van der Waals surface area contributed by atoms with Crippen molar-refractivity contribution in [2.45, 2.75) is 18.0 Å². The Labute approximate surface area is 197 Å². The van der Waals surface area contributed by atoms with Gasteiger partial charge in [0.1, 0.15) is 0 Å². The van der Waals surface area contributed by atoms with Crippen LogP contribution in [0.2, 0.25) is 0 Å². The average molecular weight is 587 g/mol. The molecule has 5 rings (SSSR count). The first-order chi connectivity index (χ1) is 16.0. The maximum atomic E-state index is 13.6. The van der Waals surface area contributed by atoms with Gasteiger partial charge in [0, 0.05) is 0 Å². The molecule has 4 aromatic rings. The van der Waals surface area contributed by atoms with Crippen molar-refractivity contribution in [2.75, 3.05) is 23.1 Å². The number of pyridine rings is 1. The number of halogens is 4. The molecule has 0 aliphatic carbocycles. The van der Waals surface area contributed by atoms with Gasteiger partial charge < -0.3 is 0 Å². The van der Waals surface area contributed by atoms with Gasteiger partial charge in [-0.05, 0) is 0 Å². The number of nitrogens with one attached hydrogen (secondary N) is 1. The first kappa shape index (κ1) is 23.2. The Kier molecular flexibility index (Phi) is 5.44. The zero-order valence-corrected chi connectivity index (χ0v) is 20.8. The number of hydrogen-bond acceptors (Lipinski definition) is 6. The number of benzene rings is 1. The van der Waals surface area contributed by atoms with Crippen molar-refractivity contribution >= 4 is 10.9 Å². The summed E-state index contributed by atoms with van der Waals surface area (Å²) in [6, 6.07) is 8.59. The summed E-state index contributed by atoms with van der Waals surface area (Å²) in [4.78, 5) is 6.93. The van der Waals surface area contributed by atoms with Crippen molar-refractivity contribution in [3.8, 4) is 11.3 Å². The summed E-state index contributed by atoms with van der Waals surface area (Å²) >= 11 is -3.66. The third-order valence-electron chi connectivity index (χ3n) is 6.05. The fourth-order valence-electron chi connectivity index (χ4n) is 4.16. The summed E-state index contributed by atoms with van der Waals surface area (Å²) in [6.07, 6.45) is -2.38. The number of rotatable bonds is 5.